The fraction of sp³-hybridized carbons (Fsp3) is 0.529. The van der Waals surface area contributed by atoms with E-state index in [0.717, 1.165) is 18.2 Å². The van der Waals surface area contributed by atoms with Crippen molar-refractivity contribution < 1.29 is 18.3 Å². The lowest BCUT2D eigenvalue weighted by molar-refractivity contribution is 0.0527. The molecule has 0 atom stereocenters. The summed E-state index contributed by atoms with van der Waals surface area (Å²) in [7, 11) is 1.58. The summed E-state index contributed by atoms with van der Waals surface area (Å²) in [6.45, 7) is 6.49. The van der Waals surface area contributed by atoms with E-state index in [-0.39, 0.29) is 12.1 Å². The van der Waals surface area contributed by atoms with E-state index < -0.39 is 23.3 Å². The van der Waals surface area contributed by atoms with Crippen molar-refractivity contribution in [3.8, 4) is 0 Å². The van der Waals surface area contributed by atoms with Crippen LogP contribution in [0.3, 0.4) is 0 Å². The summed E-state index contributed by atoms with van der Waals surface area (Å²) in [5, 5.41) is 8.58. The van der Waals surface area contributed by atoms with Crippen LogP contribution >= 0.6 is 0 Å². The maximum absolute atomic E-state index is 13.6. The third-order valence-electron chi connectivity index (χ3n) is 2.99. The molecule has 1 rings (SSSR count). The van der Waals surface area contributed by atoms with Crippen molar-refractivity contribution in [2.75, 3.05) is 20.1 Å². The number of hydrogen-bond donors (Lipinski definition) is 3. The first-order valence-corrected chi connectivity index (χ1v) is 8.06. The van der Waals surface area contributed by atoms with Gasteiger partial charge in [0.05, 0.1) is 0 Å². The van der Waals surface area contributed by atoms with Crippen molar-refractivity contribution in [2.24, 2.45) is 4.99 Å². The first-order chi connectivity index (χ1) is 11.7. The highest BCUT2D eigenvalue weighted by atomic mass is 19.1. The van der Waals surface area contributed by atoms with Gasteiger partial charge in [0.2, 0.25) is 0 Å². The predicted octanol–water partition coefficient (Wildman–Crippen LogP) is 2.54. The summed E-state index contributed by atoms with van der Waals surface area (Å²) >= 11 is 0. The predicted molar refractivity (Wildman–Crippen MR) is 93.4 cm³/mol. The standard InChI is InChI=1S/C17H26F2N4O2/c1-17(2,3)25-16(24)22-9-5-8-21-15(20-4)23-11-12-10-13(18)6-7-14(12)19/h6-7,10H,5,8-9,11H2,1-4H3,(H,22,24)(H2,20,21,23). The maximum atomic E-state index is 13.6. The lowest BCUT2D eigenvalue weighted by Gasteiger charge is -2.19. The summed E-state index contributed by atoms with van der Waals surface area (Å²) in [5.41, 5.74) is -0.310. The number of benzene rings is 1. The zero-order valence-corrected chi connectivity index (χ0v) is 15.1. The quantitative estimate of drug-likeness (QED) is 0.416. The van der Waals surface area contributed by atoms with Gasteiger partial charge < -0.3 is 20.7 Å². The molecule has 0 bridgehead atoms. The minimum Gasteiger partial charge on any atom is -0.444 e. The minimum absolute atomic E-state index is 0.111. The number of nitrogens with one attached hydrogen (secondary N) is 3. The normalized spacial score (nSPS) is 11.8. The van der Waals surface area contributed by atoms with Crippen molar-refractivity contribution in [2.45, 2.75) is 39.3 Å². The average Bonchev–Trinajstić information content (AvgIpc) is 2.51. The van der Waals surface area contributed by atoms with Crippen molar-refractivity contribution >= 4 is 12.1 Å². The highest BCUT2D eigenvalue weighted by Crippen LogP contribution is 2.09. The van der Waals surface area contributed by atoms with Crippen LogP contribution in [0.2, 0.25) is 0 Å². The highest BCUT2D eigenvalue weighted by Gasteiger charge is 2.15. The molecule has 0 fully saturated rings. The number of alkyl carbamates (subject to hydrolysis) is 1. The molecule has 3 N–H and O–H groups in total. The number of nitrogens with zero attached hydrogens (tertiary/aromatic N) is 1. The molecule has 0 aromatic heterocycles. The van der Waals surface area contributed by atoms with Crippen LogP contribution in [-0.2, 0) is 11.3 Å². The lowest BCUT2D eigenvalue weighted by atomic mass is 10.2. The Morgan fingerprint density at radius 2 is 1.84 bits per heavy atom. The topological polar surface area (TPSA) is 74.8 Å². The Balaban J connectivity index is 2.27. The molecule has 1 aromatic rings. The Bertz CT molecular complexity index is 601. The molecule has 1 amide bonds. The number of aliphatic imine (C=N–C) groups is 1. The number of halogens is 2. The number of guanidine groups is 1. The van der Waals surface area contributed by atoms with Crippen LogP contribution in [-0.4, -0.2) is 37.8 Å². The molecule has 25 heavy (non-hydrogen) atoms. The van der Waals surface area contributed by atoms with Crippen LogP contribution in [0.25, 0.3) is 0 Å². The maximum Gasteiger partial charge on any atom is 0.407 e. The molecule has 0 unspecified atom stereocenters. The van der Waals surface area contributed by atoms with Gasteiger partial charge in [-0.3, -0.25) is 4.99 Å². The number of carbonyl (C=O) groups excluding carboxylic acids is 1. The van der Waals surface area contributed by atoms with Crippen LogP contribution in [0, 0.1) is 11.6 Å². The fourth-order valence-corrected chi connectivity index (χ4v) is 1.88. The number of hydrogen-bond acceptors (Lipinski definition) is 3. The van der Waals surface area contributed by atoms with Gasteiger partial charge in [-0.25, -0.2) is 13.6 Å². The molecule has 0 aliphatic heterocycles. The molecular formula is C17H26F2N4O2. The first kappa shape index (κ1) is 20.7. The monoisotopic (exact) mass is 356 g/mol. The smallest absolute Gasteiger partial charge is 0.407 e. The SMILES string of the molecule is CN=C(NCCCNC(=O)OC(C)(C)C)NCc1cc(F)ccc1F. The Kier molecular flexibility index (Phi) is 8.10. The van der Waals surface area contributed by atoms with E-state index in [2.05, 4.69) is 20.9 Å². The molecule has 8 heteroatoms. The average molecular weight is 356 g/mol. The van der Waals surface area contributed by atoms with Gasteiger partial charge in [0.15, 0.2) is 5.96 Å². The second kappa shape index (κ2) is 9.80. The van der Waals surface area contributed by atoms with E-state index in [4.69, 9.17) is 4.74 Å². The van der Waals surface area contributed by atoms with E-state index in [1.54, 1.807) is 27.8 Å². The van der Waals surface area contributed by atoms with Gasteiger partial charge >= 0.3 is 6.09 Å². The third kappa shape index (κ3) is 8.88. The number of rotatable bonds is 6. The zero-order valence-electron chi connectivity index (χ0n) is 15.1. The van der Waals surface area contributed by atoms with E-state index in [9.17, 15) is 13.6 Å². The summed E-state index contributed by atoms with van der Waals surface area (Å²) in [5.74, 6) is -0.513. The van der Waals surface area contributed by atoms with Crippen molar-refractivity contribution in [3.05, 3.63) is 35.4 Å². The number of ether oxygens (including phenoxy) is 1. The third-order valence-corrected chi connectivity index (χ3v) is 2.99. The number of amides is 1. The van der Waals surface area contributed by atoms with Gasteiger partial charge in [-0.2, -0.15) is 0 Å². The molecule has 0 spiro atoms. The van der Waals surface area contributed by atoms with E-state index in [0.29, 0.717) is 25.5 Å². The Labute approximate surface area is 147 Å². The molecule has 1 aromatic carbocycles. The van der Waals surface area contributed by atoms with E-state index in [1.165, 1.54) is 0 Å². The van der Waals surface area contributed by atoms with Crippen LogP contribution in [0.1, 0.15) is 32.8 Å². The molecule has 0 heterocycles. The van der Waals surface area contributed by atoms with Gasteiger partial charge in [0.1, 0.15) is 17.2 Å². The lowest BCUT2D eigenvalue weighted by Crippen LogP contribution is -2.39. The summed E-state index contributed by atoms with van der Waals surface area (Å²) < 4.78 is 31.8. The molecular weight excluding hydrogens is 330 g/mol. The summed E-state index contributed by atoms with van der Waals surface area (Å²) in [4.78, 5) is 15.5. The largest absolute Gasteiger partial charge is 0.444 e. The van der Waals surface area contributed by atoms with Gasteiger partial charge in [0, 0.05) is 32.2 Å². The molecule has 140 valence electrons. The van der Waals surface area contributed by atoms with Crippen LogP contribution in [0.4, 0.5) is 13.6 Å². The minimum atomic E-state index is -0.527. The highest BCUT2D eigenvalue weighted by molar-refractivity contribution is 5.79. The fourth-order valence-electron chi connectivity index (χ4n) is 1.88. The second-order valence-electron chi connectivity index (χ2n) is 6.37. The van der Waals surface area contributed by atoms with Crippen molar-refractivity contribution in [1.82, 2.24) is 16.0 Å². The molecule has 0 aliphatic rings. The van der Waals surface area contributed by atoms with Gasteiger partial charge in [-0.15, -0.1) is 0 Å². The summed E-state index contributed by atoms with van der Waals surface area (Å²) in [6.07, 6.45) is 0.186. The van der Waals surface area contributed by atoms with Gasteiger partial charge in [-0.05, 0) is 45.4 Å². The summed E-state index contributed by atoms with van der Waals surface area (Å²) in [6, 6.07) is 3.30. The molecule has 0 radical (unpaired) electrons. The first-order valence-electron chi connectivity index (χ1n) is 8.06. The van der Waals surface area contributed by atoms with E-state index >= 15 is 0 Å². The molecule has 0 saturated carbocycles. The van der Waals surface area contributed by atoms with Crippen molar-refractivity contribution in [1.29, 1.82) is 0 Å². The number of carbonyl (C=O) groups is 1. The Morgan fingerprint density at radius 1 is 1.16 bits per heavy atom. The molecule has 0 saturated heterocycles. The molecule has 6 nitrogen and oxygen atoms in total. The van der Waals surface area contributed by atoms with Crippen LogP contribution in [0.15, 0.2) is 23.2 Å². The van der Waals surface area contributed by atoms with E-state index in [1.807, 2.05) is 0 Å². The van der Waals surface area contributed by atoms with Gasteiger partial charge in [-0.1, -0.05) is 0 Å². The van der Waals surface area contributed by atoms with Crippen LogP contribution in [0.5, 0.6) is 0 Å². The molecule has 0 aliphatic carbocycles. The van der Waals surface area contributed by atoms with Crippen molar-refractivity contribution in [3.63, 3.8) is 0 Å². The second-order valence-corrected chi connectivity index (χ2v) is 6.37. The zero-order chi connectivity index (χ0) is 18.9. The Hall–Kier alpha value is -2.38. The van der Waals surface area contributed by atoms with Crippen LogP contribution < -0.4 is 16.0 Å². The Morgan fingerprint density at radius 3 is 2.48 bits per heavy atom. The van der Waals surface area contributed by atoms with Gasteiger partial charge in [0.25, 0.3) is 0 Å².